The lowest BCUT2D eigenvalue weighted by atomic mass is 10.2. The normalized spacial score (nSPS) is 11.2. The van der Waals surface area contributed by atoms with Crippen LogP contribution < -0.4 is 5.43 Å². The lowest BCUT2D eigenvalue weighted by Gasteiger charge is -2.06. The van der Waals surface area contributed by atoms with Crippen molar-refractivity contribution in [2.75, 3.05) is 0 Å². The van der Waals surface area contributed by atoms with Gasteiger partial charge >= 0.3 is 0 Å². The summed E-state index contributed by atoms with van der Waals surface area (Å²) in [4.78, 5) is 12.3. The Balaban J connectivity index is 2.07. The second kappa shape index (κ2) is 4.63. The molecule has 0 fully saturated rings. The van der Waals surface area contributed by atoms with E-state index in [9.17, 15) is 4.79 Å². The Labute approximate surface area is 121 Å². The molecule has 0 amide bonds. The van der Waals surface area contributed by atoms with Crippen LogP contribution in [0.3, 0.4) is 0 Å². The summed E-state index contributed by atoms with van der Waals surface area (Å²) >= 11 is 0. The largest absolute Gasteiger partial charge is 0.462 e. The Hall–Kier alpha value is -2.81. The predicted octanol–water partition coefficient (Wildman–Crippen LogP) is 3.80. The molecule has 0 radical (unpaired) electrons. The fourth-order valence-electron chi connectivity index (χ4n) is 2.81. The number of benzene rings is 2. The van der Waals surface area contributed by atoms with Gasteiger partial charge in [0.25, 0.3) is 0 Å². The number of rotatable bonds is 2. The van der Waals surface area contributed by atoms with Gasteiger partial charge in [0.2, 0.25) is 5.43 Å². The summed E-state index contributed by atoms with van der Waals surface area (Å²) in [5, 5.41) is 0.973. The summed E-state index contributed by atoms with van der Waals surface area (Å²) in [5.74, 6) is 0. The van der Waals surface area contributed by atoms with Crippen molar-refractivity contribution in [3.63, 3.8) is 0 Å². The van der Waals surface area contributed by atoms with E-state index in [1.807, 2.05) is 47.0 Å². The van der Waals surface area contributed by atoms with Crippen molar-refractivity contribution in [2.45, 2.75) is 6.54 Å². The van der Waals surface area contributed by atoms with Crippen molar-refractivity contribution < 1.29 is 4.42 Å². The summed E-state index contributed by atoms with van der Waals surface area (Å²) < 4.78 is 7.64. The number of hydrogen-bond donors (Lipinski definition) is 0. The highest BCUT2D eigenvalue weighted by Gasteiger charge is 2.14. The molecule has 0 aliphatic rings. The van der Waals surface area contributed by atoms with Gasteiger partial charge in [0.05, 0.1) is 11.8 Å². The summed E-state index contributed by atoms with van der Waals surface area (Å²) in [6.45, 7) is 0.652. The molecular weight excluding hydrogens is 262 g/mol. The van der Waals surface area contributed by atoms with E-state index in [-0.39, 0.29) is 5.43 Å². The van der Waals surface area contributed by atoms with Crippen molar-refractivity contribution in [3.8, 4) is 0 Å². The third-order valence-corrected chi connectivity index (χ3v) is 3.75. The molecule has 2 heterocycles. The first-order valence-electron chi connectivity index (χ1n) is 6.87. The van der Waals surface area contributed by atoms with Crippen LogP contribution in [0, 0.1) is 0 Å². The highest BCUT2D eigenvalue weighted by molar-refractivity contribution is 6.04. The van der Waals surface area contributed by atoms with E-state index in [0.717, 1.165) is 16.5 Å². The van der Waals surface area contributed by atoms with Crippen LogP contribution >= 0.6 is 0 Å². The zero-order chi connectivity index (χ0) is 14.2. The van der Waals surface area contributed by atoms with Crippen LogP contribution in [-0.4, -0.2) is 4.57 Å². The Kier molecular flexibility index (Phi) is 2.64. The summed E-state index contributed by atoms with van der Waals surface area (Å²) in [5.41, 5.74) is 3.45. The van der Waals surface area contributed by atoms with E-state index in [2.05, 4.69) is 12.1 Å². The SMILES string of the molecule is O=c1ccoc2c3ccccc3n(Cc3ccccc3)c12. The molecule has 0 bridgehead atoms. The average Bonchev–Trinajstić information content (AvgIpc) is 2.84. The maximum Gasteiger partial charge on any atom is 0.209 e. The van der Waals surface area contributed by atoms with Gasteiger partial charge in [-0.15, -0.1) is 0 Å². The maximum atomic E-state index is 12.3. The molecular formula is C18H13NO2. The molecule has 0 aliphatic heterocycles. The van der Waals surface area contributed by atoms with Crippen LogP contribution in [0.2, 0.25) is 0 Å². The van der Waals surface area contributed by atoms with Crippen molar-refractivity contribution in [1.82, 2.24) is 4.57 Å². The number of aromatic nitrogens is 1. The molecule has 3 nitrogen and oxygen atoms in total. The van der Waals surface area contributed by atoms with Crippen LogP contribution in [0.1, 0.15) is 5.56 Å². The third kappa shape index (κ3) is 1.86. The van der Waals surface area contributed by atoms with E-state index >= 15 is 0 Å². The Morgan fingerprint density at radius 3 is 2.52 bits per heavy atom. The Bertz CT molecular complexity index is 980. The number of para-hydroxylation sites is 1. The fourth-order valence-corrected chi connectivity index (χ4v) is 2.81. The van der Waals surface area contributed by atoms with Gasteiger partial charge in [0.1, 0.15) is 5.52 Å². The van der Waals surface area contributed by atoms with Gasteiger partial charge in [0.15, 0.2) is 5.58 Å². The van der Waals surface area contributed by atoms with Crippen molar-refractivity contribution >= 4 is 22.0 Å². The summed E-state index contributed by atoms with van der Waals surface area (Å²) in [6, 6.07) is 19.5. The van der Waals surface area contributed by atoms with Gasteiger partial charge in [-0.25, -0.2) is 0 Å². The molecule has 3 heteroatoms. The second-order valence-corrected chi connectivity index (χ2v) is 5.05. The zero-order valence-corrected chi connectivity index (χ0v) is 11.3. The van der Waals surface area contributed by atoms with Gasteiger partial charge < -0.3 is 8.98 Å². The molecule has 2 aromatic carbocycles. The van der Waals surface area contributed by atoms with Gasteiger partial charge in [-0.2, -0.15) is 0 Å². The topological polar surface area (TPSA) is 35.1 Å². The third-order valence-electron chi connectivity index (χ3n) is 3.75. The quantitative estimate of drug-likeness (QED) is 0.558. The second-order valence-electron chi connectivity index (χ2n) is 5.05. The smallest absolute Gasteiger partial charge is 0.209 e. The van der Waals surface area contributed by atoms with Crippen LogP contribution in [0.5, 0.6) is 0 Å². The molecule has 0 saturated heterocycles. The van der Waals surface area contributed by atoms with Crippen molar-refractivity contribution in [1.29, 1.82) is 0 Å². The summed E-state index contributed by atoms with van der Waals surface area (Å²) in [7, 11) is 0. The van der Waals surface area contributed by atoms with E-state index in [1.54, 1.807) is 0 Å². The highest BCUT2D eigenvalue weighted by atomic mass is 16.3. The Morgan fingerprint density at radius 2 is 1.67 bits per heavy atom. The van der Waals surface area contributed by atoms with E-state index in [1.165, 1.54) is 12.3 Å². The van der Waals surface area contributed by atoms with Crippen LogP contribution in [0.4, 0.5) is 0 Å². The molecule has 0 spiro atoms. The van der Waals surface area contributed by atoms with Gasteiger partial charge in [-0.1, -0.05) is 42.5 Å². The maximum absolute atomic E-state index is 12.3. The predicted molar refractivity (Wildman–Crippen MR) is 83.5 cm³/mol. The van der Waals surface area contributed by atoms with E-state index < -0.39 is 0 Å². The van der Waals surface area contributed by atoms with E-state index in [0.29, 0.717) is 17.6 Å². The van der Waals surface area contributed by atoms with Crippen LogP contribution in [-0.2, 0) is 6.54 Å². The van der Waals surface area contributed by atoms with Gasteiger partial charge in [0, 0.05) is 18.0 Å². The fraction of sp³-hybridized carbons (Fsp3) is 0.0556. The van der Waals surface area contributed by atoms with Crippen LogP contribution in [0.15, 0.2) is 76.1 Å². The van der Waals surface area contributed by atoms with Crippen molar-refractivity contribution in [2.24, 2.45) is 0 Å². The molecule has 4 aromatic rings. The molecule has 0 saturated carbocycles. The Morgan fingerprint density at radius 1 is 0.905 bits per heavy atom. The first-order valence-corrected chi connectivity index (χ1v) is 6.87. The molecule has 4 rings (SSSR count). The van der Waals surface area contributed by atoms with Crippen molar-refractivity contribution in [3.05, 3.63) is 82.7 Å². The summed E-state index contributed by atoms with van der Waals surface area (Å²) in [6.07, 6.45) is 1.46. The minimum Gasteiger partial charge on any atom is -0.462 e. The molecule has 0 N–H and O–H groups in total. The molecule has 102 valence electrons. The lowest BCUT2D eigenvalue weighted by Crippen LogP contribution is -2.07. The first kappa shape index (κ1) is 12.0. The first-order chi connectivity index (χ1) is 10.3. The zero-order valence-electron chi connectivity index (χ0n) is 11.3. The molecule has 0 atom stereocenters. The number of fused-ring (bicyclic) bond motifs is 3. The van der Waals surface area contributed by atoms with Gasteiger partial charge in [-0.05, 0) is 17.7 Å². The molecule has 2 aromatic heterocycles. The minimum atomic E-state index is -0.0108. The molecule has 0 unspecified atom stereocenters. The average molecular weight is 275 g/mol. The number of nitrogens with zero attached hydrogens (tertiary/aromatic N) is 1. The lowest BCUT2D eigenvalue weighted by molar-refractivity contribution is 0.604. The standard InChI is InChI=1S/C18H13NO2/c20-16-10-11-21-18-14-8-4-5-9-15(14)19(17(16)18)12-13-6-2-1-3-7-13/h1-11H,12H2. The van der Waals surface area contributed by atoms with E-state index in [4.69, 9.17) is 4.42 Å². The molecule has 21 heavy (non-hydrogen) atoms. The highest BCUT2D eigenvalue weighted by Crippen LogP contribution is 2.27. The molecule has 0 aliphatic carbocycles. The van der Waals surface area contributed by atoms with Gasteiger partial charge in [-0.3, -0.25) is 4.79 Å². The number of hydrogen-bond acceptors (Lipinski definition) is 2. The monoisotopic (exact) mass is 275 g/mol. The van der Waals surface area contributed by atoms with Crippen LogP contribution in [0.25, 0.3) is 22.0 Å². The minimum absolute atomic E-state index is 0.0108.